The quantitative estimate of drug-likeness (QED) is 0.735. The van der Waals surface area contributed by atoms with Crippen LogP contribution >= 0.6 is 0 Å². The van der Waals surface area contributed by atoms with Crippen molar-refractivity contribution >= 4 is 5.97 Å². The highest BCUT2D eigenvalue weighted by molar-refractivity contribution is 5.72. The molecule has 4 rings (SSSR count). The van der Waals surface area contributed by atoms with Crippen LogP contribution in [-0.4, -0.2) is 20.9 Å². The van der Waals surface area contributed by atoms with Gasteiger partial charge in [-0.25, -0.2) is 4.79 Å². The SMILES string of the molecule is CCC(C(=O)O)n1nc(C2CC2)c(Oc2cc(C)c(C#N)c(C)c2)c1C1CC1. The fraction of sp³-hybridized carbons (Fsp3) is 0.500. The highest BCUT2D eigenvalue weighted by Crippen LogP contribution is 2.52. The van der Waals surface area contributed by atoms with Gasteiger partial charge in [0.1, 0.15) is 17.5 Å². The number of rotatable bonds is 7. The highest BCUT2D eigenvalue weighted by Gasteiger charge is 2.40. The average Bonchev–Trinajstić information content (AvgIpc) is 3.54. The van der Waals surface area contributed by atoms with E-state index in [0.29, 0.717) is 29.6 Å². The summed E-state index contributed by atoms with van der Waals surface area (Å²) < 4.78 is 8.09. The van der Waals surface area contributed by atoms with Crippen LogP contribution in [0.2, 0.25) is 0 Å². The van der Waals surface area contributed by atoms with Crippen molar-refractivity contribution in [3.05, 3.63) is 40.2 Å². The largest absolute Gasteiger partial charge is 0.480 e. The topological polar surface area (TPSA) is 88.1 Å². The van der Waals surface area contributed by atoms with Gasteiger partial charge in [0.25, 0.3) is 0 Å². The number of ether oxygens (including phenoxy) is 1. The molecule has 146 valence electrons. The number of aryl methyl sites for hydroxylation is 2. The number of nitrogens with zero attached hydrogens (tertiary/aromatic N) is 3. The van der Waals surface area contributed by atoms with Gasteiger partial charge in [-0.2, -0.15) is 10.4 Å². The zero-order chi connectivity index (χ0) is 20.0. The minimum atomic E-state index is -0.856. The van der Waals surface area contributed by atoms with Crippen molar-refractivity contribution in [3.8, 4) is 17.6 Å². The number of aromatic nitrogens is 2. The molecule has 0 aliphatic heterocycles. The first kappa shape index (κ1) is 18.5. The number of carboxylic acids is 1. The third kappa shape index (κ3) is 3.26. The van der Waals surface area contributed by atoms with Crippen LogP contribution in [0.3, 0.4) is 0 Å². The highest BCUT2D eigenvalue weighted by atomic mass is 16.5. The van der Waals surface area contributed by atoms with Gasteiger partial charge in [0.15, 0.2) is 5.75 Å². The minimum Gasteiger partial charge on any atom is -0.480 e. The minimum absolute atomic E-state index is 0.309. The molecule has 0 amide bonds. The molecule has 1 unspecified atom stereocenters. The lowest BCUT2D eigenvalue weighted by atomic mass is 10.0. The average molecular weight is 379 g/mol. The maximum absolute atomic E-state index is 11.8. The predicted octanol–water partition coefficient (Wildman–Crippen LogP) is 4.95. The molecule has 1 heterocycles. The monoisotopic (exact) mass is 379 g/mol. The lowest BCUT2D eigenvalue weighted by molar-refractivity contribution is -0.141. The maximum atomic E-state index is 11.8. The van der Waals surface area contributed by atoms with E-state index in [0.717, 1.165) is 53.9 Å². The normalized spacial score (nSPS) is 17.2. The number of benzene rings is 1. The summed E-state index contributed by atoms with van der Waals surface area (Å²) in [7, 11) is 0. The van der Waals surface area contributed by atoms with Gasteiger partial charge in [0.05, 0.1) is 17.3 Å². The van der Waals surface area contributed by atoms with Crippen LogP contribution in [0.4, 0.5) is 0 Å². The molecule has 2 saturated carbocycles. The fourth-order valence-corrected chi connectivity index (χ4v) is 3.87. The summed E-state index contributed by atoms with van der Waals surface area (Å²) in [6, 6.07) is 5.32. The summed E-state index contributed by atoms with van der Waals surface area (Å²) in [5, 5.41) is 23.8. The first-order chi connectivity index (χ1) is 13.4. The summed E-state index contributed by atoms with van der Waals surface area (Å²) >= 11 is 0. The van der Waals surface area contributed by atoms with Gasteiger partial charge in [-0.15, -0.1) is 0 Å². The Balaban J connectivity index is 1.81. The number of hydrogen-bond acceptors (Lipinski definition) is 4. The fourth-order valence-electron chi connectivity index (χ4n) is 3.87. The van der Waals surface area contributed by atoms with Crippen molar-refractivity contribution < 1.29 is 14.6 Å². The summed E-state index contributed by atoms with van der Waals surface area (Å²) in [6.45, 7) is 5.69. The van der Waals surface area contributed by atoms with Crippen molar-refractivity contribution in [2.45, 2.75) is 70.8 Å². The molecular weight excluding hydrogens is 354 g/mol. The molecule has 2 fully saturated rings. The van der Waals surface area contributed by atoms with Crippen molar-refractivity contribution in [3.63, 3.8) is 0 Å². The van der Waals surface area contributed by atoms with E-state index in [1.165, 1.54) is 0 Å². The molecule has 1 N–H and O–H groups in total. The molecule has 0 spiro atoms. The van der Waals surface area contributed by atoms with Crippen molar-refractivity contribution in [1.82, 2.24) is 9.78 Å². The van der Waals surface area contributed by atoms with Gasteiger partial charge in [0.2, 0.25) is 0 Å². The molecular formula is C22H25N3O3. The summed E-state index contributed by atoms with van der Waals surface area (Å²) in [4.78, 5) is 11.8. The van der Waals surface area contributed by atoms with Gasteiger partial charge in [-0.05, 0) is 69.2 Å². The maximum Gasteiger partial charge on any atom is 0.328 e. The van der Waals surface area contributed by atoms with Crippen LogP contribution in [-0.2, 0) is 4.79 Å². The first-order valence-electron chi connectivity index (χ1n) is 9.98. The first-order valence-corrected chi connectivity index (χ1v) is 9.98. The van der Waals surface area contributed by atoms with Crippen LogP contribution in [0.15, 0.2) is 12.1 Å². The Kier molecular flexibility index (Phi) is 4.62. The summed E-state index contributed by atoms with van der Waals surface area (Å²) in [5.41, 5.74) is 4.24. The van der Waals surface area contributed by atoms with Crippen LogP contribution in [0.1, 0.15) is 85.0 Å². The van der Waals surface area contributed by atoms with Gasteiger partial charge < -0.3 is 9.84 Å². The summed E-state index contributed by atoms with van der Waals surface area (Å²) in [5.74, 6) is 1.23. The second-order valence-electron chi connectivity index (χ2n) is 8.00. The van der Waals surface area contributed by atoms with Crippen molar-refractivity contribution in [1.29, 1.82) is 5.26 Å². The number of carboxylic acid groups (broad SMARTS) is 1. The number of carbonyl (C=O) groups is 1. The molecule has 2 aliphatic carbocycles. The molecule has 1 atom stereocenters. The Labute approximate surface area is 164 Å². The van der Waals surface area contributed by atoms with E-state index in [9.17, 15) is 15.2 Å². The van der Waals surface area contributed by atoms with E-state index in [4.69, 9.17) is 9.84 Å². The molecule has 0 saturated heterocycles. The molecule has 2 aromatic rings. The van der Waals surface area contributed by atoms with E-state index in [2.05, 4.69) is 6.07 Å². The molecule has 0 bridgehead atoms. The molecule has 6 nitrogen and oxygen atoms in total. The van der Waals surface area contributed by atoms with E-state index in [1.54, 1.807) is 4.68 Å². The predicted molar refractivity (Wildman–Crippen MR) is 104 cm³/mol. The van der Waals surface area contributed by atoms with Gasteiger partial charge >= 0.3 is 5.97 Å². The second-order valence-corrected chi connectivity index (χ2v) is 8.00. The van der Waals surface area contributed by atoms with Crippen LogP contribution < -0.4 is 4.74 Å². The van der Waals surface area contributed by atoms with Crippen molar-refractivity contribution in [2.75, 3.05) is 0 Å². The van der Waals surface area contributed by atoms with Crippen LogP contribution in [0, 0.1) is 25.2 Å². The third-order valence-electron chi connectivity index (χ3n) is 5.66. The number of aliphatic carboxylic acids is 1. The standard InChI is InChI=1S/C22H25N3O3/c1-4-18(22(26)27)25-20(15-7-8-15)21(19(24-25)14-5-6-14)28-16-9-12(2)17(11-23)13(3)10-16/h9-10,14-15,18H,4-8H2,1-3H3,(H,26,27). The van der Waals surface area contributed by atoms with E-state index in [1.807, 2.05) is 32.9 Å². The Morgan fingerprint density at radius 3 is 2.36 bits per heavy atom. The number of nitriles is 1. The Hall–Kier alpha value is -2.81. The van der Waals surface area contributed by atoms with Gasteiger partial charge in [-0.3, -0.25) is 4.68 Å². The van der Waals surface area contributed by atoms with E-state index in [-0.39, 0.29) is 0 Å². The van der Waals surface area contributed by atoms with Crippen molar-refractivity contribution in [2.24, 2.45) is 0 Å². The van der Waals surface area contributed by atoms with Crippen LogP contribution in [0.25, 0.3) is 0 Å². The third-order valence-corrected chi connectivity index (χ3v) is 5.66. The molecule has 1 aromatic heterocycles. The zero-order valence-electron chi connectivity index (χ0n) is 16.5. The van der Waals surface area contributed by atoms with Crippen LogP contribution in [0.5, 0.6) is 11.5 Å². The van der Waals surface area contributed by atoms with E-state index < -0.39 is 12.0 Å². The summed E-state index contributed by atoms with van der Waals surface area (Å²) in [6.07, 6.45) is 4.68. The number of hydrogen-bond donors (Lipinski definition) is 1. The Bertz CT molecular complexity index is 955. The molecule has 1 aromatic carbocycles. The molecule has 28 heavy (non-hydrogen) atoms. The lowest BCUT2D eigenvalue weighted by Gasteiger charge is -2.15. The molecule has 2 aliphatic rings. The van der Waals surface area contributed by atoms with Gasteiger partial charge in [-0.1, -0.05) is 6.92 Å². The molecule has 6 heteroatoms. The van der Waals surface area contributed by atoms with Gasteiger partial charge in [0, 0.05) is 11.8 Å². The Morgan fingerprint density at radius 2 is 1.89 bits per heavy atom. The Morgan fingerprint density at radius 1 is 1.29 bits per heavy atom. The van der Waals surface area contributed by atoms with E-state index >= 15 is 0 Å². The lowest BCUT2D eigenvalue weighted by Crippen LogP contribution is -2.21. The smallest absolute Gasteiger partial charge is 0.328 e. The zero-order valence-corrected chi connectivity index (χ0v) is 16.5. The molecule has 0 radical (unpaired) electrons. The second kappa shape index (κ2) is 6.97.